The number of fused-ring (bicyclic) bond motifs is 8. The Hall–Kier alpha value is -4.61. The van der Waals surface area contributed by atoms with Gasteiger partial charge in [-0.1, -0.05) is 140 Å². The lowest BCUT2D eigenvalue weighted by Crippen LogP contribution is -2.26. The second-order valence-electron chi connectivity index (χ2n) is 12.1. The molecule has 1 aliphatic rings. The summed E-state index contributed by atoms with van der Waals surface area (Å²) in [5.74, 6) is 0. The normalized spacial score (nSPS) is 14.7. The van der Waals surface area contributed by atoms with Crippen LogP contribution in [-0.2, 0) is 6.42 Å². The molecule has 1 heterocycles. The Kier molecular flexibility index (Phi) is 7.00. The Labute approximate surface area is 270 Å². The van der Waals surface area contributed by atoms with Gasteiger partial charge in [0.1, 0.15) is 11.2 Å². The Bertz CT molecular complexity index is 2280. The van der Waals surface area contributed by atoms with Gasteiger partial charge >= 0.3 is 0 Å². The largest absolute Gasteiger partial charge is 0.419 e. The van der Waals surface area contributed by atoms with E-state index in [1.807, 2.05) is 0 Å². The van der Waals surface area contributed by atoms with Crippen molar-refractivity contribution in [3.63, 3.8) is 0 Å². The third-order valence-corrected chi connectivity index (χ3v) is 13.6. The zero-order valence-electron chi connectivity index (χ0n) is 25.3. The van der Waals surface area contributed by atoms with Gasteiger partial charge in [0.05, 0.1) is 5.66 Å². The van der Waals surface area contributed by atoms with E-state index in [2.05, 4.69) is 152 Å². The predicted octanol–water partition coefficient (Wildman–Crippen LogP) is 11.3. The van der Waals surface area contributed by atoms with Crippen LogP contribution in [-0.4, -0.2) is 0 Å². The van der Waals surface area contributed by atoms with Crippen LogP contribution in [0.4, 0.5) is 0 Å². The lowest BCUT2D eigenvalue weighted by atomic mass is 9.91. The molecule has 7 aromatic carbocycles. The van der Waals surface area contributed by atoms with Crippen molar-refractivity contribution in [3.8, 4) is 0 Å². The summed E-state index contributed by atoms with van der Waals surface area (Å²) >= 11 is 0. The third kappa shape index (κ3) is 4.68. The molecule has 9 rings (SSSR count). The van der Waals surface area contributed by atoms with Crippen LogP contribution in [0.2, 0.25) is 0 Å². The first-order valence-electron chi connectivity index (χ1n) is 16.0. The van der Waals surface area contributed by atoms with Crippen LogP contribution >= 0.6 is 15.9 Å². The highest BCUT2D eigenvalue weighted by atomic mass is 31.1. The van der Waals surface area contributed by atoms with Crippen LogP contribution in [0.1, 0.15) is 29.6 Å². The van der Waals surface area contributed by atoms with Crippen molar-refractivity contribution in [3.05, 3.63) is 163 Å². The van der Waals surface area contributed by atoms with E-state index >= 15 is 0 Å². The standard InChI is InChI=1S/C42H32O2P2/c1-3-17-32(18-4-1)45(33-19-5-2-6-20-33)38-23-11-15-31-16-12-24-39(40(31)38)46-43-36-27-25-29-13-7-9-21-34(29)41(36)42-35-22-10-8-14-30(35)26-28-37(42)44-46/h1-11,13-15,17-23,25-28,39H,12,16,24H2. The molecule has 0 bridgehead atoms. The van der Waals surface area contributed by atoms with Gasteiger partial charge in [-0.2, -0.15) is 0 Å². The summed E-state index contributed by atoms with van der Waals surface area (Å²) in [6, 6.07) is 55.1. The van der Waals surface area contributed by atoms with Crippen LogP contribution in [0, 0.1) is 0 Å². The van der Waals surface area contributed by atoms with Gasteiger partial charge in [0.15, 0.2) is 0 Å². The molecule has 1 aromatic heterocycles. The van der Waals surface area contributed by atoms with Gasteiger partial charge in [-0.05, 0) is 87.9 Å². The van der Waals surface area contributed by atoms with Crippen molar-refractivity contribution in [1.29, 1.82) is 0 Å². The molecule has 8 aromatic rings. The second kappa shape index (κ2) is 11.6. The van der Waals surface area contributed by atoms with Crippen molar-refractivity contribution >= 4 is 75.3 Å². The minimum Gasteiger partial charge on any atom is -0.419 e. The summed E-state index contributed by atoms with van der Waals surface area (Å²) in [6.45, 7) is 0. The van der Waals surface area contributed by atoms with E-state index in [1.54, 1.807) is 0 Å². The summed E-state index contributed by atoms with van der Waals surface area (Å²) < 4.78 is 14.4. The lowest BCUT2D eigenvalue weighted by molar-refractivity contribution is 0.586. The van der Waals surface area contributed by atoms with E-state index in [0.717, 1.165) is 41.2 Å². The Morgan fingerprint density at radius 1 is 0.522 bits per heavy atom. The topological polar surface area (TPSA) is 26.3 Å². The number of hydrogen-bond donors (Lipinski definition) is 0. The van der Waals surface area contributed by atoms with Gasteiger partial charge in [0, 0.05) is 10.8 Å². The molecule has 4 heteroatoms. The lowest BCUT2D eigenvalue weighted by Gasteiger charge is -2.30. The Morgan fingerprint density at radius 3 is 1.65 bits per heavy atom. The Morgan fingerprint density at radius 2 is 1.07 bits per heavy atom. The fourth-order valence-electron chi connectivity index (χ4n) is 7.33. The Balaban J connectivity index is 1.35. The minimum atomic E-state index is -1.36. The summed E-state index contributed by atoms with van der Waals surface area (Å²) in [7, 11) is -2.12. The predicted molar refractivity (Wildman–Crippen MR) is 198 cm³/mol. The van der Waals surface area contributed by atoms with E-state index in [4.69, 9.17) is 8.39 Å². The first-order chi connectivity index (χ1) is 22.8. The molecule has 0 spiro atoms. The summed E-state index contributed by atoms with van der Waals surface area (Å²) in [4.78, 5) is 0. The quantitative estimate of drug-likeness (QED) is 0.181. The minimum absolute atomic E-state index is 0.143. The van der Waals surface area contributed by atoms with E-state index in [-0.39, 0.29) is 5.66 Å². The number of hydrogen-bond acceptors (Lipinski definition) is 2. The van der Waals surface area contributed by atoms with E-state index in [9.17, 15) is 0 Å². The fraction of sp³-hybridized carbons (Fsp3) is 0.0952. The average Bonchev–Trinajstić information content (AvgIpc) is 3.30. The van der Waals surface area contributed by atoms with E-state index < -0.39 is 15.9 Å². The molecule has 0 aliphatic heterocycles. The summed E-state index contributed by atoms with van der Waals surface area (Å²) in [5, 5.41) is 11.2. The molecule has 0 saturated heterocycles. The van der Waals surface area contributed by atoms with Crippen LogP contribution in [0.25, 0.3) is 43.5 Å². The third-order valence-electron chi connectivity index (χ3n) is 9.36. The smallest absolute Gasteiger partial charge is 0.224 e. The summed E-state index contributed by atoms with van der Waals surface area (Å²) in [6.07, 6.45) is 3.24. The van der Waals surface area contributed by atoms with Gasteiger partial charge < -0.3 is 8.39 Å². The molecule has 1 atom stereocenters. The van der Waals surface area contributed by atoms with Crippen LogP contribution in [0.3, 0.4) is 0 Å². The van der Waals surface area contributed by atoms with Crippen molar-refractivity contribution in [2.24, 2.45) is 0 Å². The molecule has 2 nitrogen and oxygen atoms in total. The van der Waals surface area contributed by atoms with Gasteiger partial charge in [-0.3, -0.25) is 0 Å². The average molecular weight is 631 g/mol. The van der Waals surface area contributed by atoms with Gasteiger partial charge in [-0.25, -0.2) is 0 Å². The maximum atomic E-state index is 7.19. The maximum absolute atomic E-state index is 7.19. The van der Waals surface area contributed by atoms with Crippen molar-refractivity contribution < 1.29 is 8.39 Å². The van der Waals surface area contributed by atoms with Crippen molar-refractivity contribution in [2.75, 3.05) is 0 Å². The molecule has 222 valence electrons. The highest BCUT2D eigenvalue weighted by molar-refractivity contribution is 7.80. The number of rotatable bonds is 4. The first-order valence-corrected chi connectivity index (χ1v) is 18.6. The highest BCUT2D eigenvalue weighted by Gasteiger charge is 2.32. The molecule has 0 fully saturated rings. The molecule has 0 saturated carbocycles. The molecule has 1 aliphatic carbocycles. The van der Waals surface area contributed by atoms with E-state index in [0.29, 0.717) is 0 Å². The summed E-state index contributed by atoms with van der Waals surface area (Å²) in [5.41, 5.74) is 4.84. The highest BCUT2D eigenvalue weighted by Crippen LogP contribution is 2.54. The second-order valence-corrected chi connectivity index (χ2v) is 15.8. The van der Waals surface area contributed by atoms with Crippen molar-refractivity contribution in [2.45, 2.75) is 24.9 Å². The van der Waals surface area contributed by atoms with E-state index in [1.165, 1.54) is 48.6 Å². The molecule has 0 amide bonds. The van der Waals surface area contributed by atoms with Gasteiger partial charge in [0.2, 0.25) is 8.01 Å². The zero-order chi connectivity index (χ0) is 30.5. The van der Waals surface area contributed by atoms with Crippen LogP contribution in [0.15, 0.2) is 160 Å². The molecular formula is C42H32O2P2. The van der Waals surface area contributed by atoms with Gasteiger partial charge in [-0.15, -0.1) is 0 Å². The van der Waals surface area contributed by atoms with Crippen LogP contribution < -0.4 is 15.9 Å². The van der Waals surface area contributed by atoms with Crippen LogP contribution in [0.5, 0.6) is 0 Å². The SMILES string of the molecule is c1ccc(P(c2ccccc2)c2cccc3c2C(p2oc4ccc5ccccc5c4c4c(ccc5ccccc54)o2)CCC3)cc1. The number of aryl methyl sites for hydroxylation is 1. The molecule has 46 heavy (non-hydrogen) atoms. The number of benzene rings is 7. The van der Waals surface area contributed by atoms with Crippen molar-refractivity contribution in [1.82, 2.24) is 0 Å². The molecule has 0 radical (unpaired) electrons. The first kappa shape index (κ1) is 27.7. The molecule has 0 N–H and O–H groups in total. The molecule has 1 unspecified atom stereocenters. The maximum Gasteiger partial charge on any atom is 0.224 e. The zero-order valence-corrected chi connectivity index (χ0v) is 27.1. The fourth-order valence-corrected chi connectivity index (χ4v) is 11.9. The van der Waals surface area contributed by atoms with Gasteiger partial charge in [0.25, 0.3) is 0 Å². The molecular weight excluding hydrogens is 598 g/mol. The monoisotopic (exact) mass is 630 g/mol.